The number of guanidine groups is 1. The average molecular weight is 357 g/mol. The molecule has 142 valence electrons. The molecule has 2 saturated heterocycles. The third-order valence-electron chi connectivity index (χ3n) is 5.64. The Kier molecular flexibility index (Phi) is 6.92. The number of piperidine rings is 1. The molecule has 0 saturated carbocycles. The minimum absolute atomic E-state index is 0.112. The van der Waals surface area contributed by atoms with Gasteiger partial charge in [-0.25, -0.2) is 4.99 Å². The molecule has 0 aliphatic carbocycles. The quantitative estimate of drug-likeness (QED) is 0.666. The third kappa shape index (κ3) is 5.48. The number of rotatable bonds is 4. The van der Waals surface area contributed by atoms with Gasteiger partial charge in [-0.15, -0.1) is 0 Å². The molecule has 2 fully saturated rings. The Morgan fingerprint density at radius 1 is 0.962 bits per heavy atom. The summed E-state index contributed by atoms with van der Waals surface area (Å²) in [7, 11) is 0. The van der Waals surface area contributed by atoms with E-state index in [4.69, 9.17) is 5.73 Å². The van der Waals surface area contributed by atoms with Gasteiger partial charge in [0.2, 0.25) is 5.91 Å². The molecule has 0 unspecified atom stereocenters. The molecular weight excluding hydrogens is 324 g/mol. The molecule has 0 atom stereocenters. The Balaban J connectivity index is 1.42. The number of nitrogens with zero attached hydrogens (tertiary/aromatic N) is 3. The van der Waals surface area contributed by atoms with Crippen LogP contribution in [0.25, 0.3) is 0 Å². The zero-order valence-electron chi connectivity index (χ0n) is 15.8. The predicted molar refractivity (Wildman–Crippen MR) is 106 cm³/mol. The van der Waals surface area contributed by atoms with Crippen LogP contribution in [0.1, 0.15) is 44.1 Å². The van der Waals surface area contributed by atoms with E-state index in [2.05, 4.69) is 40.2 Å². The molecule has 1 aromatic carbocycles. The number of hydrogen-bond donors (Lipinski definition) is 1. The first-order chi connectivity index (χ1) is 12.7. The maximum atomic E-state index is 12.5. The summed E-state index contributed by atoms with van der Waals surface area (Å²) in [4.78, 5) is 20.9. The lowest BCUT2D eigenvalue weighted by molar-refractivity contribution is -0.130. The molecule has 1 amide bonds. The van der Waals surface area contributed by atoms with Crippen molar-refractivity contribution in [3.63, 3.8) is 0 Å². The van der Waals surface area contributed by atoms with Crippen molar-refractivity contribution < 1.29 is 4.79 Å². The van der Waals surface area contributed by atoms with Crippen LogP contribution in [0.4, 0.5) is 0 Å². The van der Waals surface area contributed by atoms with Crippen molar-refractivity contribution in [2.75, 3.05) is 32.7 Å². The highest BCUT2D eigenvalue weighted by Crippen LogP contribution is 2.21. The molecule has 1 aromatic rings. The molecule has 5 heteroatoms. The topological polar surface area (TPSA) is 61.9 Å². The highest BCUT2D eigenvalue weighted by Gasteiger charge is 2.23. The van der Waals surface area contributed by atoms with Crippen LogP contribution in [0.15, 0.2) is 35.3 Å². The number of likely N-dealkylation sites (tertiary alicyclic amines) is 2. The van der Waals surface area contributed by atoms with Gasteiger partial charge in [-0.2, -0.15) is 0 Å². The predicted octanol–water partition coefficient (Wildman–Crippen LogP) is 2.66. The molecule has 0 radical (unpaired) electrons. The van der Waals surface area contributed by atoms with Gasteiger partial charge in [-0.3, -0.25) is 4.79 Å². The van der Waals surface area contributed by atoms with Crippen LogP contribution < -0.4 is 5.73 Å². The number of aliphatic imine (C=N–C) groups is 1. The van der Waals surface area contributed by atoms with Crippen molar-refractivity contribution in [1.29, 1.82) is 0 Å². The van der Waals surface area contributed by atoms with Crippen molar-refractivity contribution >= 4 is 11.9 Å². The van der Waals surface area contributed by atoms with Crippen molar-refractivity contribution in [2.24, 2.45) is 16.6 Å². The van der Waals surface area contributed by atoms with E-state index in [0.29, 0.717) is 11.9 Å². The highest BCUT2D eigenvalue weighted by molar-refractivity contribution is 5.84. The van der Waals surface area contributed by atoms with Gasteiger partial charge in [-0.05, 0) is 43.6 Å². The summed E-state index contributed by atoms with van der Waals surface area (Å²) in [6.07, 6.45) is 8.13. The largest absolute Gasteiger partial charge is 0.370 e. The zero-order chi connectivity index (χ0) is 18.2. The molecule has 2 heterocycles. The average Bonchev–Trinajstić information content (AvgIpc) is 2.97. The molecule has 3 rings (SSSR count). The summed E-state index contributed by atoms with van der Waals surface area (Å²) in [6, 6.07) is 10.6. The van der Waals surface area contributed by atoms with Gasteiger partial charge in [0.1, 0.15) is 6.54 Å². The van der Waals surface area contributed by atoms with Gasteiger partial charge in [0.15, 0.2) is 5.96 Å². The molecule has 26 heavy (non-hydrogen) atoms. The second-order valence-electron chi connectivity index (χ2n) is 7.59. The fourth-order valence-electron chi connectivity index (χ4n) is 3.98. The monoisotopic (exact) mass is 356 g/mol. The Morgan fingerprint density at radius 2 is 1.62 bits per heavy atom. The molecule has 0 spiro atoms. The minimum atomic E-state index is 0.112. The van der Waals surface area contributed by atoms with Gasteiger partial charge in [0.25, 0.3) is 0 Å². The first-order valence-corrected chi connectivity index (χ1v) is 10.1. The van der Waals surface area contributed by atoms with Crippen molar-refractivity contribution in [2.45, 2.75) is 44.9 Å². The van der Waals surface area contributed by atoms with Crippen molar-refractivity contribution in [1.82, 2.24) is 9.80 Å². The maximum Gasteiger partial charge on any atom is 0.244 e. The summed E-state index contributed by atoms with van der Waals surface area (Å²) in [5, 5.41) is 0. The number of benzene rings is 1. The smallest absolute Gasteiger partial charge is 0.244 e. The molecule has 2 aliphatic rings. The van der Waals surface area contributed by atoms with Crippen LogP contribution in [0, 0.1) is 5.92 Å². The van der Waals surface area contributed by atoms with Gasteiger partial charge >= 0.3 is 0 Å². The first kappa shape index (κ1) is 18.7. The molecule has 0 bridgehead atoms. The summed E-state index contributed by atoms with van der Waals surface area (Å²) in [5.41, 5.74) is 7.50. The summed E-state index contributed by atoms with van der Waals surface area (Å²) >= 11 is 0. The Bertz CT molecular complexity index is 585. The van der Waals surface area contributed by atoms with E-state index in [-0.39, 0.29) is 12.5 Å². The van der Waals surface area contributed by atoms with Crippen LogP contribution in [-0.4, -0.2) is 54.4 Å². The molecule has 2 N–H and O–H groups in total. The molecule has 0 aromatic heterocycles. The van der Waals surface area contributed by atoms with Crippen molar-refractivity contribution in [3.05, 3.63) is 35.9 Å². The van der Waals surface area contributed by atoms with E-state index in [1.54, 1.807) is 0 Å². The van der Waals surface area contributed by atoms with E-state index >= 15 is 0 Å². The third-order valence-corrected chi connectivity index (χ3v) is 5.64. The SMILES string of the molecule is NC(=NCC(=O)N1CCC(Cc2ccccc2)CC1)N1CCCCCC1. The number of nitrogens with two attached hydrogens (primary N) is 1. The van der Waals surface area contributed by atoms with Crippen LogP contribution >= 0.6 is 0 Å². The lowest BCUT2D eigenvalue weighted by atomic mass is 9.90. The standard InChI is InChI=1S/C21H32N4O/c22-21(25-12-6-1-2-7-13-25)23-17-20(26)24-14-10-19(11-15-24)16-18-8-4-3-5-9-18/h3-5,8-9,19H,1-2,6-7,10-17H2,(H2,22,23). The number of carbonyl (C=O) groups excluding carboxylic acids is 1. The van der Waals surface area contributed by atoms with Gasteiger partial charge < -0.3 is 15.5 Å². The molecular formula is C21H32N4O. The second kappa shape index (κ2) is 9.60. The van der Waals surface area contributed by atoms with E-state index in [1.807, 2.05) is 4.90 Å². The fraction of sp³-hybridized carbons (Fsp3) is 0.619. The number of hydrogen-bond acceptors (Lipinski definition) is 2. The summed E-state index contributed by atoms with van der Waals surface area (Å²) in [5.74, 6) is 1.33. The van der Waals surface area contributed by atoms with Crippen LogP contribution in [0.2, 0.25) is 0 Å². The van der Waals surface area contributed by atoms with Crippen LogP contribution in [0.5, 0.6) is 0 Å². The summed E-state index contributed by atoms with van der Waals surface area (Å²) in [6.45, 7) is 3.80. The molecule has 2 aliphatic heterocycles. The lowest BCUT2D eigenvalue weighted by Gasteiger charge is -2.32. The van der Waals surface area contributed by atoms with E-state index in [0.717, 1.165) is 45.4 Å². The number of carbonyl (C=O) groups is 1. The van der Waals surface area contributed by atoms with Gasteiger partial charge in [0.05, 0.1) is 0 Å². The summed E-state index contributed by atoms with van der Waals surface area (Å²) < 4.78 is 0. The van der Waals surface area contributed by atoms with E-state index < -0.39 is 0 Å². The van der Waals surface area contributed by atoms with Gasteiger partial charge in [-0.1, -0.05) is 43.2 Å². The Morgan fingerprint density at radius 3 is 2.27 bits per heavy atom. The van der Waals surface area contributed by atoms with Crippen molar-refractivity contribution in [3.8, 4) is 0 Å². The van der Waals surface area contributed by atoms with E-state index in [1.165, 1.54) is 31.2 Å². The first-order valence-electron chi connectivity index (χ1n) is 10.1. The molecule has 5 nitrogen and oxygen atoms in total. The maximum absolute atomic E-state index is 12.5. The van der Waals surface area contributed by atoms with Crippen LogP contribution in [-0.2, 0) is 11.2 Å². The Hall–Kier alpha value is -2.04. The normalized spacial score (nSPS) is 20.1. The highest BCUT2D eigenvalue weighted by atomic mass is 16.2. The second-order valence-corrected chi connectivity index (χ2v) is 7.59. The Labute approximate surface area is 157 Å². The van der Waals surface area contributed by atoms with Crippen LogP contribution in [0.3, 0.4) is 0 Å². The number of amides is 1. The van der Waals surface area contributed by atoms with Gasteiger partial charge in [0, 0.05) is 26.2 Å². The zero-order valence-corrected chi connectivity index (χ0v) is 15.8. The minimum Gasteiger partial charge on any atom is -0.370 e. The van der Waals surface area contributed by atoms with E-state index in [9.17, 15) is 4.79 Å². The fourth-order valence-corrected chi connectivity index (χ4v) is 3.98. The lowest BCUT2D eigenvalue weighted by Crippen LogP contribution is -2.42.